The number of aliphatic hydroxyl groups is 1. The van der Waals surface area contributed by atoms with Crippen LogP contribution < -0.4 is 5.32 Å². The molecule has 1 atom stereocenters. The smallest absolute Gasteiger partial charge is 0.0642 e. The summed E-state index contributed by atoms with van der Waals surface area (Å²) in [7, 11) is 1.66. The first-order valence-corrected chi connectivity index (χ1v) is 5.45. The summed E-state index contributed by atoms with van der Waals surface area (Å²) in [5.74, 6) is 0. The molecule has 1 heterocycles. The van der Waals surface area contributed by atoms with E-state index in [0.29, 0.717) is 19.6 Å². The van der Waals surface area contributed by atoms with E-state index in [1.807, 2.05) is 25.1 Å². The van der Waals surface area contributed by atoms with Gasteiger partial charge in [-0.15, -0.1) is 0 Å². The second-order valence-electron chi connectivity index (χ2n) is 4.14. The third kappa shape index (κ3) is 4.26. The van der Waals surface area contributed by atoms with Crippen molar-refractivity contribution in [1.82, 2.24) is 10.3 Å². The fourth-order valence-corrected chi connectivity index (χ4v) is 1.58. The van der Waals surface area contributed by atoms with Crippen molar-refractivity contribution in [3.63, 3.8) is 0 Å². The quantitative estimate of drug-likeness (QED) is 0.724. The molecule has 0 radical (unpaired) electrons. The molecule has 16 heavy (non-hydrogen) atoms. The van der Waals surface area contributed by atoms with Crippen molar-refractivity contribution in [1.29, 1.82) is 0 Å². The molecule has 4 heteroatoms. The normalized spacial score (nSPS) is 14.7. The van der Waals surface area contributed by atoms with Crippen molar-refractivity contribution in [3.05, 3.63) is 30.1 Å². The number of aliphatic hydroxyl groups excluding tert-OH is 1. The van der Waals surface area contributed by atoms with Crippen LogP contribution in [0.1, 0.15) is 19.0 Å². The highest BCUT2D eigenvalue weighted by Gasteiger charge is 2.22. The maximum Gasteiger partial charge on any atom is 0.0642 e. The lowest BCUT2D eigenvalue weighted by atomic mass is 9.99. The van der Waals surface area contributed by atoms with E-state index in [-0.39, 0.29) is 12.1 Å². The van der Waals surface area contributed by atoms with Gasteiger partial charge in [-0.05, 0) is 25.5 Å². The van der Waals surface area contributed by atoms with Crippen LogP contribution in [0.15, 0.2) is 24.4 Å². The largest absolute Gasteiger partial charge is 0.396 e. The van der Waals surface area contributed by atoms with Crippen LogP contribution in [0.5, 0.6) is 0 Å². The molecule has 90 valence electrons. The van der Waals surface area contributed by atoms with E-state index in [1.54, 1.807) is 13.3 Å². The Morgan fingerprint density at radius 3 is 2.88 bits per heavy atom. The molecule has 0 aromatic carbocycles. The Balaban J connectivity index is 2.49. The highest BCUT2D eigenvalue weighted by Crippen LogP contribution is 2.10. The van der Waals surface area contributed by atoms with Gasteiger partial charge in [-0.25, -0.2) is 0 Å². The SMILES string of the molecule is COCC(C)(CCO)NCc1ccccn1. The Hall–Kier alpha value is -0.970. The third-order valence-electron chi connectivity index (χ3n) is 2.55. The van der Waals surface area contributed by atoms with Crippen LogP contribution in [0.2, 0.25) is 0 Å². The summed E-state index contributed by atoms with van der Waals surface area (Å²) in [6, 6.07) is 5.83. The summed E-state index contributed by atoms with van der Waals surface area (Å²) in [6.07, 6.45) is 2.43. The van der Waals surface area contributed by atoms with Gasteiger partial charge in [0.05, 0.1) is 12.3 Å². The fourth-order valence-electron chi connectivity index (χ4n) is 1.58. The average Bonchev–Trinajstić information content (AvgIpc) is 2.29. The van der Waals surface area contributed by atoms with Crippen molar-refractivity contribution < 1.29 is 9.84 Å². The Labute approximate surface area is 96.7 Å². The summed E-state index contributed by atoms with van der Waals surface area (Å²) in [4.78, 5) is 4.24. The predicted molar refractivity (Wildman–Crippen MR) is 63.1 cm³/mol. The van der Waals surface area contributed by atoms with E-state index in [0.717, 1.165) is 5.69 Å². The van der Waals surface area contributed by atoms with Gasteiger partial charge in [0, 0.05) is 32.0 Å². The minimum atomic E-state index is -0.207. The maximum absolute atomic E-state index is 9.01. The Morgan fingerprint density at radius 2 is 2.31 bits per heavy atom. The first-order chi connectivity index (χ1) is 7.70. The zero-order chi connectivity index (χ0) is 11.9. The third-order valence-corrected chi connectivity index (χ3v) is 2.55. The Kier molecular flexibility index (Phi) is 5.38. The van der Waals surface area contributed by atoms with Crippen LogP contribution >= 0.6 is 0 Å². The molecule has 1 aromatic heterocycles. The highest BCUT2D eigenvalue weighted by molar-refractivity contribution is 5.03. The van der Waals surface area contributed by atoms with Crippen molar-refractivity contribution in [3.8, 4) is 0 Å². The van der Waals surface area contributed by atoms with E-state index in [9.17, 15) is 0 Å². The van der Waals surface area contributed by atoms with Crippen LogP contribution in [-0.4, -0.2) is 36.0 Å². The van der Waals surface area contributed by atoms with Gasteiger partial charge in [0.25, 0.3) is 0 Å². The van der Waals surface area contributed by atoms with E-state index in [1.165, 1.54) is 0 Å². The van der Waals surface area contributed by atoms with Gasteiger partial charge in [0.2, 0.25) is 0 Å². The number of hydrogen-bond acceptors (Lipinski definition) is 4. The molecule has 0 aliphatic heterocycles. The van der Waals surface area contributed by atoms with Gasteiger partial charge in [-0.3, -0.25) is 4.98 Å². The molecule has 4 nitrogen and oxygen atoms in total. The van der Waals surface area contributed by atoms with Crippen LogP contribution in [0.25, 0.3) is 0 Å². The van der Waals surface area contributed by atoms with Gasteiger partial charge in [-0.2, -0.15) is 0 Å². The summed E-state index contributed by atoms with van der Waals surface area (Å²) in [5, 5.41) is 12.4. The number of ether oxygens (including phenoxy) is 1. The van der Waals surface area contributed by atoms with Gasteiger partial charge in [0.1, 0.15) is 0 Å². The number of aromatic nitrogens is 1. The molecule has 0 bridgehead atoms. The molecule has 0 saturated heterocycles. The van der Waals surface area contributed by atoms with Gasteiger partial charge >= 0.3 is 0 Å². The minimum Gasteiger partial charge on any atom is -0.396 e. The lowest BCUT2D eigenvalue weighted by molar-refractivity contribution is 0.0967. The van der Waals surface area contributed by atoms with Gasteiger partial charge in [-0.1, -0.05) is 6.07 Å². The molecule has 1 unspecified atom stereocenters. The number of methoxy groups -OCH3 is 1. The molecule has 0 aliphatic carbocycles. The van der Waals surface area contributed by atoms with E-state index >= 15 is 0 Å². The van der Waals surface area contributed by atoms with E-state index in [4.69, 9.17) is 9.84 Å². The summed E-state index contributed by atoms with van der Waals surface area (Å²) in [5.41, 5.74) is 0.781. The first kappa shape index (κ1) is 13.1. The molecule has 1 aromatic rings. The zero-order valence-corrected chi connectivity index (χ0v) is 9.94. The molecule has 0 fully saturated rings. The monoisotopic (exact) mass is 224 g/mol. The van der Waals surface area contributed by atoms with Crippen LogP contribution in [0, 0.1) is 0 Å². The van der Waals surface area contributed by atoms with E-state index in [2.05, 4.69) is 10.3 Å². The molecular weight excluding hydrogens is 204 g/mol. The van der Waals surface area contributed by atoms with Crippen LogP contribution in [0.3, 0.4) is 0 Å². The topological polar surface area (TPSA) is 54.4 Å². The van der Waals surface area contributed by atoms with Crippen molar-refractivity contribution in [2.24, 2.45) is 0 Å². The number of hydrogen-bond donors (Lipinski definition) is 2. The standard InChI is InChI=1S/C12H20N2O2/c1-12(6-8-15,10-16-2)14-9-11-5-3-4-7-13-11/h3-5,7,14-15H,6,8-10H2,1-2H3. The number of nitrogens with one attached hydrogen (secondary N) is 1. The van der Waals surface area contributed by atoms with Crippen molar-refractivity contribution in [2.75, 3.05) is 20.3 Å². The van der Waals surface area contributed by atoms with Crippen LogP contribution in [0.4, 0.5) is 0 Å². The maximum atomic E-state index is 9.01. The summed E-state index contributed by atoms with van der Waals surface area (Å²) in [6.45, 7) is 3.44. The highest BCUT2D eigenvalue weighted by atomic mass is 16.5. The Bertz CT molecular complexity index is 284. The molecule has 0 saturated carbocycles. The molecule has 0 spiro atoms. The second-order valence-corrected chi connectivity index (χ2v) is 4.14. The van der Waals surface area contributed by atoms with Crippen LogP contribution in [-0.2, 0) is 11.3 Å². The average molecular weight is 224 g/mol. The van der Waals surface area contributed by atoms with E-state index < -0.39 is 0 Å². The van der Waals surface area contributed by atoms with Gasteiger partial charge in [0.15, 0.2) is 0 Å². The summed E-state index contributed by atoms with van der Waals surface area (Å²) < 4.78 is 5.15. The predicted octanol–water partition coefficient (Wildman–Crippen LogP) is 0.959. The minimum absolute atomic E-state index is 0.148. The molecule has 0 aliphatic rings. The number of nitrogens with zero attached hydrogens (tertiary/aromatic N) is 1. The fraction of sp³-hybridized carbons (Fsp3) is 0.583. The van der Waals surface area contributed by atoms with Gasteiger partial charge < -0.3 is 15.2 Å². The molecule has 1 rings (SSSR count). The van der Waals surface area contributed by atoms with Crippen molar-refractivity contribution >= 4 is 0 Å². The second kappa shape index (κ2) is 6.58. The number of pyridine rings is 1. The number of rotatable bonds is 7. The summed E-state index contributed by atoms with van der Waals surface area (Å²) >= 11 is 0. The first-order valence-electron chi connectivity index (χ1n) is 5.45. The molecular formula is C12H20N2O2. The zero-order valence-electron chi connectivity index (χ0n) is 9.94. The van der Waals surface area contributed by atoms with Crippen molar-refractivity contribution in [2.45, 2.75) is 25.4 Å². The Morgan fingerprint density at radius 1 is 1.50 bits per heavy atom. The molecule has 2 N–H and O–H groups in total. The lowest BCUT2D eigenvalue weighted by Gasteiger charge is -2.29. The molecule has 0 amide bonds. The lowest BCUT2D eigenvalue weighted by Crippen LogP contribution is -2.46.